The second kappa shape index (κ2) is 7.51. The van der Waals surface area contributed by atoms with E-state index in [1.54, 1.807) is 23.9 Å². The topological polar surface area (TPSA) is 75.4 Å². The smallest absolute Gasteiger partial charge is 0.326 e. The Morgan fingerprint density at radius 3 is 2.56 bits per heavy atom. The molecule has 0 saturated heterocycles. The van der Waals surface area contributed by atoms with E-state index in [1.165, 1.54) is 4.90 Å². The zero-order chi connectivity index (χ0) is 17.8. The van der Waals surface area contributed by atoms with Crippen molar-refractivity contribution in [3.63, 3.8) is 0 Å². The van der Waals surface area contributed by atoms with Gasteiger partial charge in [-0.25, -0.2) is 4.79 Å². The summed E-state index contributed by atoms with van der Waals surface area (Å²) in [5, 5.41) is 13.8. The van der Waals surface area contributed by atoms with Gasteiger partial charge in [-0.3, -0.25) is 9.48 Å². The summed E-state index contributed by atoms with van der Waals surface area (Å²) in [6.45, 7) is 1.79. The summed E-state index contributed by atoms with van der Waals surface area (Å²) in [6.07, 6.45) is 5.91. The summed E-state index contributed by atoms with van der Waals surface area (Å²) in [6, 6.07) is 10.4. The molecule has 25 heavy (non-hydrogen) atoms. The summed E-state index contributed by atoms with van der Waals surface area (Å²) < 4.78 is 1.78. The molecule has 3 rings (SSSR count). The van der Waals surface area contributed by atoms with Crippen molar-refractivity contribution < 1.29 is 14.7 Å². The third-order valence-electron chi connectivity index (χ3n) is 4.84. The average Bonchev–Trinajstić information content (AvgIpc) is 3.30. The predicted molar refractivity (Wildman–Crippen MR) is 93.1 cm³/mol. The summed E-state index contributed by atoms with van der Waals surface area (Å²) in [5.74, 6) is -1.31. The first-order valence-corrected chi connectivity index (χ1v) is 8.69. The lowest BCUT2D eigenvalue weighted by Gasteiger charge is -2.27. The number of rotatable bonds is 6. The van der Waals surface area contributed by atoms with E-state index in [4.69, 9.17) is 0 Å². The highest BCUT2D eigenvalue weighted by atomic mass is 16.4. The van der Waals surface area contributed by atoms with E-state index < -0.39 is 12.0 Å². The van der Waals surface area contributed by atoms with Gasteiger partial charge in [0.25, 0.3) is 5.91 Å². The molecule has 1 aromatic carbocycles. The molecule has 132 valence electrons. The minimum atomic E-state index is -1.02. The zero-order valence-electron chi connectivity index (χ0n) is 14.3. The molecule has 1 amide bonds. The Morgan fingerprint density at radius 1 is 1.24 bits per heavy atom. The second-order valence-electron chi connectivity index (χ2n) is 6.53. The van der Waals surface area contributed by atoms with Crippen LogP contribution in [0.2, 0.25) is 0 Å². The lowest BCUT2D eigenvalue weighted by atomic mass is 10.1. The number of aliphatic carboxylic acids is 1. The molecule has 1 aliphatic rings. The van der Waals surface area contributed by atoms with E-state index in [0.717, 1.165) is 31.2 Å². The highest BCUT2D eigenvalue weighted by Gasteiger charge is 2.30. The Morgan fingerprint density at radius 2 is 1.92 bits per heavy atom. The van der Waals surface area contributed by atoms with Crippen molar-refractivity contribution in [3.8, 4) is 0 Å². The van der Waals surface area contributed by atoms with Crippen molar-refractivity contribution in [2.24, 2.45) is 0 Å². The number of carboxylic acids is 1. The van der Waals surface area contributed by atoms with Crippen LogP contribution in [0.25, 0.3) is 0 Å². The monoisotopic (exact) mass is 341 g/mol. The van der Waals surface area contributed by atoms with Gasteiger partial charge in [0, 0.05) is 12.7 Å². The fourth-order valence-corrected chi connectivity index (χ4v) is 3.37. The van der Waals surface area contributed by atoms with Crippen LogP contribution >= 0.6 is 0 Å². The SMILES string of the molecule is C[C@@H](C(=O)O)N(Cc1ccccc1)C(=O)c1ccnn1C1CCCC1. The van der Waals surface area contributed by atoms with Gasteiger partial charge in [-0.1, -0.05) is 43.2 Å². The van der Waals surface area contributed by atoms with Gasteiger partial charge in [0.05, 0.1) is 6.04 Å². The van der Waals surface area contributed by atoms with Crippen molar-refractivity contribution in [1.82, 2.24) is 14.7 Å². The van der Waals surface area contributed by atoms with Gasteiger partial charge < -0.3 is 10.0 Å². The summed E-state index contributed by atoms with van der Waals surface area (Å²) in [7, 11) is 0. The molecule has 6 nitrogen and oxygen atoms in total. The Balaban J connectivity index is 1.89. The number of benzene rings is 1. The molecule has 0 radical (unpaired) electrons. The lowest BCUT2D eigenvalue weighted by Crippen LogP contribution is -2.43. The second-order valence-corrected chi connectivity index (χ2v) is 6.53. The Bertz CT molecular complexity index is 735. The fraction of sp³-hybridized carbons (Fsp3) is 0.421. The molecule has 0 bridgehead atoms. The van der Waals surface area contributed by atoms with Crippen LogP contribution in [-0.4, -0.2) is 37.7 Å². The third kappa shape index (κ3) is 3.73. The van der Waals surface area contributed by atoms with E-state index >= 15 is 0 Å². The van der Waals surface area contributed by atoms with Gasteiger partial charge in [0.1, 0.15) is 11.7 Å². The molecule has 1 fully saturated rings. The van der Waals surface area contributed by atoms with Crippen LogP contribution in [-0.2, 0) is 11.3 Å². The Hall–Kier alpha value is -2.63. The van der Waals surface area contributed by atoms with E-state index in [0.29, 0.717) is 5.69 Å². The largest absolute Gasteiger partial charge is 0.480 e. The van der Waals surface area contributed by atoms with Crippen LogP contribution in [0, 0.1) is 0 Å². The average molecular weight is 341 g/mol. The number of carbonyl (C=O) groups is 2. The van der Waals surface area contributed by atoms with Crippen LogP contribution in [0.4, 0.5) is 0 Å². The number of aromatic nitrogens is 2. The highest BCUT2D eigenvalue weighted by molar-refractivity contribution is 5.95. The first-order chi connectivity index (χ1) is 12.1. The van der Waals surface area contributed by atoms with E-state index in [9.17, 15) is 14.7 Å². The molecule has 0 unspecified atom stereocenters. The van der Waals surface area contributed by atoms with Crippen LogP contribution in [0.5, 0.6) is 0 Å². The first-order valence-electron chi connectivity index (χ1n) is 8.69. The molecule has 1 aliphatic carbocycles. The summed E-state index contributed by atoms with van der Waals surface area (Å²) in [5.41, 5.74) is 1.37. The maximum Gasteiger partial charge on any atom is 0.326 e. The van der Waals surface area contributed by atoms with Gasteiger partial charge in [0.2, 0.25) is 0 Å². The lowest BCUT2D eigenvalue weighted by molar-refractivity contribution is -0.141. The normalized spacial score (nSPS) is 15.9. The highest BCUT2D eigenvalue weighted by Crippen LogP contribution is 2.30. The number of hydrogen-bond acceptors (Lipinski definition) is 3. The molecule has 2 aromatic rings. The van der Waals surface area contributed by atoms with Crippen LogP contribution in [0.1, 0.15) is 54.7 Å². The van der Waals surface area contributed by atoms with Crippen LogP contribution < -0.4 is 0 Å². The van der Waals surface area contributed by atoms with Crippen molar-refractivity contribution in [2.75, 3.05) is 0 Å². The molecule has 1 N–H and O–H groups in total. The molecular formula is C19H23N3O3. The summed E-state index contributed by atoms with van der Waals surface area (Å²) in [4.78, 5) is 26.1. The molecule has 1 atom stereocenters. The number of carbonyl (C=O) groups excluding carboxylic acids is 1. The summed E-state index contributed by atoms with van der Waals surface area (Å²) >= 11 is 0. The van der Waals surface area contributed by atoms with Gasteiger partial charge in [-0.2, -0.15) is 5.10 Å². The predicted octanol–water partition coefficient (Wildman–Crippen LogP) is 3.11. The molecule has 1 saturated carbocycles. The molecular weight excluding hydrogens is 318 g/mol. The van der Waals surface area contributed by atoms with Crippen LogP contribution in [0.15, 0.2) is 42.6 Å². The molecule has 1 heterocycles. The number of nitrogens with zero attached hydrogens (tertiary/aromatic N) is 3. The minimum absolute atomic E-state index is 0.229. The van der Waals surface area contributed by atoms with Gasteiger partial charge in [0.15, 0.2) is 0 Å². The third-order valence-corrected chi connectivity index (χ3v) is 4.84. The molecule has 0 aliphatic heterocycles. The van der Waals surface area contributed by atoms with Gasteiger partial charge in [-0.05, 0) is 31.4 Å². The molecule has 6 heteroatoms. The zero-order valence-corrected chi connectivity index (χ0v) is 14.3. The van der Waals surface area contributed by atoms with E-state index in [2.05, 4.69) is 5.10 Å². The van der Waals surface area contributed by atoms with Crippen molar-refractivity contribution >= 4 is 11.9 Å². The van der Waals surface area contributed by atoms with E-state index in [-0.39, 0.29) is 18.5 Å². The van der Waals surface area contributed by atoms with Crippen molar-refractivity contribution in [3.05, 3.63) is 53.9 Å². The van der Waals surface area contributed by atoms with E-state index in [1.807, 2.05) is 30.3 Å². The van der Waals surface area contributed by atoms with Crippen molar-refractivity contribution in [2.45, 2.75) is 51.2 Å². The van der Waals surface area contributed by atoms with Crippen molar-refractivity contribution in [1.29, 1.82) is 0 Å². The maximum atomic E-state index is 13.1. The minimum Gasteiger partial charge on any atom is -0.480 e. The molecule has 0 spiro atoms. The quantitative estimate of drug-likeness (QED) is 0.876. The standard InChI is InChI=1S/C19H23N3O3/c1-14(19(24)25)21(13-15-7-3-2-4-8-15)18(23)17-11-12-20-22(17)16-9-5-6-10-16/h2-4,7-8,11-12,14,16H,5-6,9-10,13H2,1H3,(H,24,25)/t14-/m0/s1. The number of amides is 1. The van der Waals surface area contributed by atoms with Gasteiger partial charge in [-0.15, -0.1) is 0 Å². The first kappa shape index (κ1) is 17.2. The Kier molecular flexibility index (Phi) is 5.16. The maximum absolute atomic E-state index is 13.1. The fourth-order valence-electron chi connectivity index (χ4n) is 3.37. The number of hydrogen-bond donors (Lipinski definition) is 1. The Labute approximate surface area is 147 Å². The molecule has 1 aromatic heterocycles. The number of carboxylic acid groups (broad SMARTS) is 1. The van der Waals surface area contributed by atoms with Crippen LogP contribution in [0.3, 0.4) is 0 Å². The van der Waals surface area contributed by atoms with Gasteiger partial charge >= 0.3 is 5.97 Å².